The van der Waals surface area contributed by atoms with Crippen LogP contribution in [-0.4, -0.2) is 5.78 Å². The largest absolute Gasteiger partial charge is 0.300 e. The van der Waals surface area contributed by atoms with Crippen molar-refractivity contribution in [3.63, 3.8) is 0 Å². The second-order valence-corrected chi connectivity index (χ2v) is 2.70. The van der Waals surface area contributed by atoms with Crippen LogP contribution in [0.4, 0.5) is 0 Å². The van der Waals surface area contributed by atoms with Gasteiger partial charge < -0.3 is 0 Å². The van der Waals surface area contributed by atoms with E-state index in [9.17, 15) is 4.79 Å². The van der Waals surface area contributed by atoms with Gasteiger partial charge in [-0.05, 0) is 6.42 Å². The molecule has 0 aliphatic heterocycles. The smallest absolute Gasteiger partial charge is 0.132 e. The van der Waals surface area contributed by atoms with E-state index in [0.717, 1.165) is 12.8 Å². The molecule has 0 aromatic rings. The Morgan fingerprint density at radius 2 is 1.80 bits per heavy atom. The summed E-state index contributed by atoms with van der Waals surface area (Å²) in [6.07, 6.45) is 6.36. The molecule has 0 saturated carbocycles. The third-order valence-corrected chi connectivity index (χ3v) is 1.70. The summed E-state index contributed by atoms with van der Waals surface area (Å²) in [5.41, 5.74) is 0. The molecule has 0 atom stereocenters. The quantitative estimate of drug-likeness (QED) is 0.412. The lowest BCUT2D eigenvalue weighted by molar-refractivity contribution is -0.118. The zero-order chi connectivity index (χ0) is 7.82. The van der Waals surface area contributed by atoms with Crippen molar-refractivity contribution in [2.24, 2.45) is 0 Å². The second-order valence-electron chi connectivity index (χ2n) is 2.70. The standard InChI is InChI=1S/C9H18O/c1-3-5-6-7-8-9(10)4-2/h3-8H2,1-2H3/i9+1. The highest BCUT2D eigenvalue weighted by molar-refractivity contribution is 5.77. The van der Waals surface area contributed by atoms with Crippen LogP contribution in [0.1, 0.15) is 52.4 Å². The lowest BCUT2D eigenvalue weighted by Crippen LogP contribution is -1.93. The fraction of sp³-hybridized carbons (Fsp3) is 0.889. The van der Waals surface area contributed by atoms with E-state index in [0.29, 0.717) is 12.2 Å². The molecule has 1 nitrogen and oxygen atoms in total. The topological polar surface area (TPSA) is 17.1 Å². The Balaban J connectivity index is 2.96. The molecule has 0 saturated heterocycles. The summed E-state index contributed by atoms with van der Waals surface area (Å²) in [6.45, 7) is 4.11. The highest BCUT2D eigenvalue weighted by atomic mass is 16.2. The van der Waals surface area contributed by atoms with E-state index in [-0.39, 0.29) is 0 Å². The zero-order valence-corrected chi connectivity index (χ0v) is 7.15. The normalized spacial score (nSPS) is 9.80. The summed E-state index contributed by atoms with van der Waals surface area (Å²) in [4.78, 5) is 10.8. The number of Topliss-reactive ketones (excluding diaryl/α,β-unsaturated/α-hetero) is 1. The van der Waals surface area contributed by atoms with Gasteiger partial charge >= 0.3 is 0 Å². The molecule has 1 heteroatoms. The molecule has 0 fully saturated rings. The number of carbonyl (C=O) groups excluding carboxylic acids is 1. The highest BCUT2D eigenvalue weighted by Gasteiger charge is 1.95. The monoisotopic (exact) mass is 143 g/mol. The van der Waals surface area contributed by atoms with Crippen molar-refractivity contribution in [2.45, 2.75) is 52.4 Å². The molecule has 0 bridgehead atoms. The van der Waals surface area contributed by atoms with Crippen LogP contribution >= 0.6 is 0 Å². The van der Waals surface area contributed by atoms with Gasteiger partial charge in [0.2, 0.25) is 0 Å². The van der Waals surface area contributed by atoms with Crippen molar-refractivity contribution in [1.82, 2.24) is 0 Å². The predicted octanol–water partition coefficient (Wildman–Crippen LogP) is 2.94. The molecule has 0 heterocycles. The van der Waals surface area contributed by atoms with Crippen LogP contribution in [-0.2, 0) is 4.79 Å². The number of ketones is 1. The van der Waals surface area contributed by atoms with Crippen molar-refractivity contribution in [1.29, 1.82) is 0 Å². The minimum atomic E-state index is 0.413. The number of rotatable bonds is 6. The van der Waals surface area contributed by atoms with E-state index >= 15 is 0 Å². The minimum absolute atomic E-state index is 0.413. The van der Waals surface area contributed by atoms with Gasteiger partial charge in [-0.2, -0.15) is 0 Å². The lowest BCUT2D eigenvalue weighted by Gasteiger charge is -1.96. The van der Waals surface area contributed by atoms with Crippen molar-refractivity contribution in [3.8, 4) is 0 Å². The van der Waals surface area contributed by atoms with Gasteiger partial charge in [-0.3, -0.25) is 4.79 Å². The summed E-state index contributed by atoms with van der Waals surface area (Å²) in [5.74, 6) is 0.413. The Morgan fingerprint density at radius 3 is 2.30 bits per heavy atom. The first-order chi connectivity index (χ1) is 4.81. The van der Waals surface area contributed by atoms with Gasteiger partial charge in [-0.15, -0.1) is 0 Å². The maximum atomic E-state index is 10.8. The van der Waals surface area contributed by atoms with Gasteiger partial charge in [0.05, 0.1) is 0 Å². The highest BCUT2D eigenvalue weighted by Crippen LogP contribution is 2.03. The molecule has 0 spiro atoms. The number of hydrogen-bond acceptors (Lipinski definition) is 1. The van der Waals surface area contributed by atoms with Gasteiger partial charge in [-0.1, -0.05) is 33.1 Å². The first-order valence-corrected chi connectivity index (χ1v) is 4.33. The summed E-state index contributed by atoms with van der Waals surface area (Å²) in [5, 5.41) is 0. The molecule has 0 aliphatic rings. The van der Waals surface area contributed by atoms with Gasteiger partial charge in [-0.25, -0.2) is 0 Å². The number of hydrogen-bond donors (Lipinski definition) is 0. The van der Waals surface area contributed by atoms with E-state index in [4.69, 9.17) is 0 Å². The minimum Gasteiger partial charge on any atom is -0.300 e. The molecular weight excluding hydrogens is 125 g/mol. The summed E-state index contributed by atoms with van der Waals surface area (Å²) in [6, 6.07) is 0. The van der Waals surface area contributed by atoms with E-state index in [1.807, 2.05) is 6.92 Å². The van der Waals surface area contributed by atoms with Gasteiger partial charge in [0.25, 0.3) is 0 Å². The van der Waals surface area contributed by atoms with E-state index in [2.05, 4.69) is 6.92 Å². The summed E-state index contributed by atoms with van der Waals surface area (Å²) >= 11 is 0. The Hall–Kier alpha value is -0.330. The van der Waals surface area contributed by atoms with E-state index in [1.165, 1.54) is 19.3 Å². The molecule has 0 aliphatic carbocycles. The molecule has 60 valence electrons. The van der Waals surface area contributed by atoms with Crippen LogP contribution in [0.3, 0.4) is 0 Å². The molecule has 0 radical (unpaired) electrons. The van der Waals surface area contributed by atoms with Crippen LogP contribution < -0.4 is 0 Å². The average Bonchev–Trinajstić information content (AvgIpc) is 1.98. The average molecular weight is 143 g/mol. The van der Waals surface area contributed by atoms with Crippen LogP contribution in [0.15, 0.2) is 0 Å². The van der Waals surface area contributed by atoms with Crippen molar-refractivity contribution < 1.29 is 4.79 Å². The van der Waals surface area contributed by atoms with Crippen LogP contribution in [0.2, 0.25) is 0 Å². The third-order valence-electron chi connectivity index (χ3n) is 1.70. The Morgan fingerprint density at radius 1 is 1.10 bits per heavy atom. The molecular formula is C9H18O. The van der Waals surface area contributed by atoms with E-state index < -0.39 is 0 Å². The fourth-order valence-corrected chi connectivity index (χ4v) is 0.926. The Kier molecular flexibility index (Phi) is 6.56. The Bertz CT molecular complexity index is 86.7. The van der Waals surface area contributed by atoms with Crippen LogP contribution in [0, 0.1) is 0 Å². The van der Waals surface area contributed by atoms with Crippen molar-refractivity contribution in [2.75, 3.05) is 0 Å². The molecule has 0 aromatic heterocycles. The summed E-state index contributed by atoms with van der Waals surface area (Å²) < 4.78 is 0. The van der Waals surface area contributed by atoms with Gasteiger partial charge in [0.15, 0.2) is 0 Å². The third kappa shape index (κ3) is 5.80. The van der Waals surface area contributed by atoms with Gasteiger partial charge in [0.1, 0.15) is 5.78 Å². The summed E-state index contributed by atoms with van der Waals surface area (Å²) in [7, 11) is 0. The lowest BCUT2D eigenvalue weighted by atomic mass is 10.2. The van der Waals surface area contributed by atoms with Crippen LogP contribution in [0.5, 0.6) is 0 Å². The molecule has 0 aromatic carbocycles. The Labute approximate surface area is 63.8 Å². The van der Waals surface area contributed by atoms with Gasteiger partial charge in [0, 0.05) is 12.8 Å². The molecule has 0 unspecified atom stereocenters. The first kappa shape index (κ1) is 9.67. The number of carbonyl (C=O) groups is 1. The molecule has 10 heavy (non-hydrogen) atoms. The van der Waals surface area contributed by atoms with Crippen molar-refractivity contribution in [3.05, 3.63) is 0 Å². The fourth-order valence-electron chi connectivity index (χ4n) is 0.926. The van der Waals surface area contributed by atoms with E-state index in [1.54, 1.807) is 0 Å². The molecule has 0 amide bonds. The first-order valence-electron chi connectivity index (χ1n) is 4.33. The number of unbranched alkanes of at least 4 members (excludes halogenated alkanes) is 3. The maximum Gasteiger partial charge on any atom is 0.132 e. The maximum absolute atomic E-state index is 10.8. The SMILES string of the molecule is CCCCCC[13C](=O)CC. The molecule has 0 N–H and O–H groups in total. The molecule has 0 rings (SSSR count). The predicted molar refractivity (Wildman–Crippen MR) is 44.1 cm³/mol. The van der Waals surface area contributed by atoms with Crippen molar-refractivity contribution >= 4 is 5.78 Å². The zero-order valence-electron chi connectivity index (χ0n) is 7.15. The second kappa shape index (κ2) is 6.79. The van der Waals surface area contributed by atoms with Crippen LogP contribution in [0.25, 0.3) is 0 Å².